The zero-order valence-electron chi connectivity index (χ0n) is 9.45. The molecule has 0 aromatic heterocycles. The average molecular weight is 254 g/mol. The molecule has 0 aliphatic carbocycles. The Hall–Kier alpha value is -1.19. The maximum Gasteiger partial charge on any atom is 0.183 e. The van der Waals surface area contributed by atoms with Crippen molar-refractivity contribution in [2.75, 3.05) is 14.1 Å². The highest BCUT2D eigenvalue weighted by Crippen LogP contribution is 2.50. The minimum atomic E-state index is -2.21. The van der Waals surface area contributed by atoms with Crippen molar-refractivity contribution in [2.24, 2.45) is 10.2 Å². The minimum Gasteiger partial charge on any atom is -0.249 e. The molecule has 1 rings (SSSR count). The molecular weight excluding hydrogens is 239 g/mol. The molecular formula is C10H15N4PS. The molecule has 1 aromatic rings. The third kappa shape index (κ3) is 2.15. The van der Waals surface area contributed by atoms with Crippen LogP contribution in [0.3, 0.4) is 0 Å². The fraction of sp³-hybridized carbons (Fsp3) is 0.200. The van der Waals surface area contributed by atoms with Gasteiger partial charge in [0, 0.05) is 32.8 Å². The van der Waals surface area contributed by atoms with Gasteiger partial charge >= 0.3 is 0 Å². The van der Waals surface area contributed by atoms with Crippen molar-refractivity contribution < 1.29 is 0 Å². The summed E-state index contributed by atoms with van der Waals surface area (Å²) >= 11 is 5.71. The van der Waals surface area contributed by atoms with Gasteiger partial charge in [0.15, 0.2) is 6.34 Å². The van der Waals surface area contributed by atoms with Gasteiger partial charge in [0.2, 0.25) is 0 Å². The molecule has 0 saturated carbocycles. The van der Waals surface area contributed by atoms with E-state index in [0.717, 1.165) is 5.30 Å². The summed E-state index contributed by atoms with van der Waals surface area (Å²) in [7, 11) is 3.62. The van der Waals surface area contributed by atoms with E-state index in [-0.39, 0.29) is 0 Å². The zero-order chi connectivity index (χ0) is 12.2. The second kappa shape index (κ2) is 5.23. The fourth-order valence-electron chi connectivity index (χ4n) is 1.32. The van der Waals surface area contributed by atoms with E-state index in [1.165, 1.54) is 0 Å². The molecule has 6 heteroatoms. The molecule has 0 spiro atoms. The second-order valence-electron chi connectivity index (χ2n) is 3.14. The minimum absolute atomic E-state index is 1.01. The van der Waals surface area contributed by atoms with E-state index < -0.39 is 6.34 Å². The van der Waals surface area contributed by atoms with Gasteiger partial charge in [-0.1, -0.05) is 30.3 Å². The van der Waals surface area contributed by atoms with Crippen LogP contribution in [0.25, 0.3) is 0 Å². The summed E-state index contributed by atoms with van der Waals surface area (Å²) in [6.07, 6.45) is -2.21. The van der Waals surface area contributed by atoms with E-state index in [1.54, 1.807) is 9.56 Å². The summed E-state index contributed by atoms with van der Waals surface area (Å²) in [4.78, 5) is 0. The lowest BCUT2D eigenvalue weighted by Gasteiger charge is -2.35. The average Bonchev–Trinajstić information content (AvgIpc) is 2.36. The quantitative estimate of drug-likeness (QED) is 0.455. The van der Waals surface area contributed by atoms with Gasteiger partial charge in [-0.25, -0.2) is 9.56 Å². The maximum absolute atomic E-state index is 5.71. The number of rotatable bonds is 5. The molecule has 0 heterocycles. The predicted molar refractivity (Wildman–Crippen MR) is 75.0 cm³/mol. The Bertz CT molecular complexity index is 402. The molecule has 0 aliphatic rings. The van der Waals surface area contributed by atoms with E-state index in [9.17, 15) is 0 Å². The van der Waals surface area contributed by atoms with Gasteiger partial charge in [-0.2, -0.15) is 10.2 Å². The van der Waals surface area contributed by atoms with Crippen molar-refractivity contribution in [1.29, 1.82) is 0 Å². The Labute approximate surface area is 101 Å². The van der Waals surface area contributed by atoms with Gasteiger partial charge in [0.1, 0.15) is 0 Å². The standard InChI is InChI=1S/C10H15N4PS/c1-11-13(3)15(16,14(4)12-2)10-8-6-5-7-9-10/h5-9H,1-2H2,3-4H3. The molecule has 86 valence electrons. The Balaban J connectivity index is 3.31. The normalized spacial score (nSPS) is 10.6. The van der Waals surface area contributed by atoms with Gasteiger partial charge in [-0.3, -0.25) is 0 Å². The first-order chi connectivity index (χ1) is 7.57. The summed E-state index contributed by atoms with van der Waals surface area (Å²) in [5.41, 5.74) is 0. The Morgan fingerprint density at radius 2 is 1.50 bits per heavy atom. The van der Waals surface area contributed by atoms with Crippen molar-refractivity contribution in [3.05, 3.63) is 30.3 Å². The summed E-state index contributed by atoms with van der Waals surface area (Å²) in [6.45, 7) is 7.03. The van der Waals surface area contributed by atoms with Crippen molar-refractivity contribution >= 4 is 36.9 Å². The largest absolute Gasteiger partial charge is 0.249 e. The number of hydrazone groups is 2. The molecule has 0 atom stereocenters. The van der Waals surface area contributed by atoms with E-state index in [4.69, 9.17) is 11.8 Å². The van der Waals surface area contributed by atoms with Crippen LogP contribution in [0.4, 0.5) is 0 Å². The third-order valence-electron chi connectivity index (χ3n) is 2.29. The van der Waals surface area contributed by atoms with Crippen LogP contribution in [0, 0.1) is 0 Å². The molecule has 0 N–H and O–H groups in total. The summed E-state index contributed by atoms with van der Waals surface area (Å²) in [6, 6.07) is 9.80. The highest BCUT2D eigenvalue weighted by molar-refractivity contribution is 8.15. The summed E-state index contributed by atoms with van der Waals surface area (Å²) in [5, 5.41) is 8.82. The van der Waals surface area contributed by atoms with Crippen LogP contribution in [-0.2, 0) is 11.8 Å². The molecule has 0 saturated heterocycles. The van der Waals surface area contributed by atoms with Crippen molar-refractivity contribution in [1.82, 2.24) is 9.56 Å². The first kappa shape index (κ1) is 12.9. The van der Waals surface area contributed by atoms with Gasteiger partial charge in [0.25, 0.3) is 0 Å². The summed E-state index contributed by atoms with van der Waals surface area (Å²) in [5.74, 6) is 0. The van der Waals surface area contributed by atoms with Crippen LogP contribution >= 0.6 is 6.34 Å². The maximum atomic E-state index is 5.71. The zero-order valence-corrected chi connectivity index (χ0v) is 11.2. The first-order valence-electron chi connectivity index (χ1n) is 4.64. The number of benzene rings is 1. The van der Waals surface area contributed by atoms with Crippen LogP contribution in [-0.4, -0.2) is 37.1 Å². The van der Waals surface area contributed by atoms with Gasteiger partial charge in [0.05, 0.1) is 0 Å². The highest BCUT2D eigenvalue weighted by atomic mass is 32.4. The molecule has 0 unspecified atom stereocenters. The van der Waals surface area contributed by atoms with Crippen molar-refractivity contribution in [3.8, 4) is 0 Å². The Kier molecular flexibility index (Phi) is 4.21. The fourth-order valence-corrected chi connectivity index (χ4v) is 3.94. The van der Waals surface area contributed by atoms with E-state index in [1.807, 2.05) is 44.4 Å². The molecule has 4 nitrogen and oxygen atoms in total. The molecule has 0 radical (unpaired) electrons. The lowest BCUT2D eigenvalue weighted by molar-refractivity contribution is 0.509. The first-order valence-corrected chi connectivity index (χ1v) is 7.35. The van der Waals surface area contributed by atoms with Crippen LogP contribution in [0.15, 0.2) is 40.5 Å². The summed E-state index contributed by atoms with van der Waals surface area (Å²) < 4.78 is 3.37. The molecule has 1 aromatic carbocycles. The number of hydrogen-bond donors (Lipinski definition) is 0. The van der Waals surface area contributed by atoms with Crippen LogP contribution in [0.5, 0.6) is 0 Å². The van der Waals surface area contributed by atoms with Gasteiger partial charge in [-0.15, -0.1) is 0 Å². The smallest absolute Gasteiger partial charge is 0.183 e. The van der Waals surface area contributed by atoms with E-state index >= 15 is 0 Å². The molecule has 0 fully saturated rings. The lowest BCUT2D eigenvalue weighted by Crippen LogP contribution is -2.27. The predicted octanol–water partition coefficient (Wildman–Crippen LogP) is 1.72. The van der Waals surface area contributed by atoms with Crippen molar-refractivity contribution in [3.63, 3.8) is 0 Å². The van der Waals surface area contributed by atoms with E-state index in [2.05, 4.69) is 23.6 Å². The molecule has 0 amide bonds. The highest BCUT2D eigenvalue weighted by Gasteiger charge is 2.28. The topological polar surface area (TPSA) is 31.2 Å². The molecule has 0 bridgehead atoms. The lowest BCUT2D eigenvalue weighted by atomic mass is 10.4. The SMILES string of the molecule is C=NN(C)P(=S)(c1ccccc1)N(C)N=C. The number of nitrogens with zero attached hydrogens (tertiary/aromatic N) is 4. The number of hydrogen-bond acceptors (Lipinski definition) is 3. The van der Waals surface area contributed by atoms with Gasteiger partial charge in [-0.05, 0) is 11.8 Å². The Morgan fingerprint density at radius 1 is 1.06 bits per heavy atom. The van der Waals surface area contributed by atoms with Crippen LogP contribution in [0.1, 0.15) is 0 Å². The second-order valence-corrected chi connectivity index (χ2v) is 7.43. The van der Waals surface area contributed by atoms with E-state index in [0.29, 0.717) is 0 Å². The molecule has 16 heavy (non-hydrogen) atoms. The van der Waals surface area contributed by atoms with Gasteiger partial charge < -0.3 is 0 Å². The third-order valence-corrected chi connectivity index (χ3v) is 7.13. The van der Waals surface area contributed by atoms with Crippen LogP contribution in [0.2, 0.25) is 0 Å². The molecule has 0 aliphatic heterocycles. The Morgan fingerprint density at radius 3 is 1.88 bits per heavy atom. The van der Waals surface area contributed by atoms with Crippen LogP contribution < -0.4 is 5.30 Å². The van der Waals surface area contributed by atoms with Crippen molar-refractivity contribution in [2.45, 2.75) is 0 Å². The monoisotopic (exact) mass is 254 g/mol.